The molecule has 1 aliphatic carbocycles. The molecule has 4 heteroatoms. The SMILES string of the molecule is C=C(Cl)/C=C\C(=CC)NC1(C(=O)N2CCC(C(C)C)CC2)CCCCC1. The molecule has 1 aliphatic heterocycles. The quantitative estimate of drug-likeness (QED) is 0.628. The van der Waals surface area contributed by atoms with E-state index in [0.717, 1.165) is 63.2 Å². The number of carbonyl (C=O) groups is 1. The van der Waals surface area contributed by atoms with Crippen LogP contribution in [-0.2, 0) is 4.79 Å². The lowest BCUT2D eigenvalue weighted by atomic mass is 9.79. The minimum Gasteiger partial charge on any atom is -0.371 e. The van der Waals surface area contributed by atoms with Gasteiger partial charge in [-0.2, -0.15) is 0 Å². The largest absolute Gasteiger partial charge is 0.371 e. The van der Waals surface area contributed by atoms with Crippen LogP contribution >= 0.6 is 11.6 Å². The number of nitrogens with zero attached hydrogens (tertiary/aromatic N) is 1. The van der Waals surface area contributed by atoms with Crippen LogP contribution < -0.4 is 5.32 Å². The highest BCUT2D eigenvalue weighted by Gasteiger charge is 2.43. The second-order valence-corrected chi connectivity index (χ2v) is 8.65. The Hall–Kier alpha value is -1.22. The fourth-order valence-corrected chi connectivity index (χ4v) is 4.35. The molecule has 2 rings (SSSR count). The fraction of sp³-hybridized carbons (Fsp3) is 0.682. The van der Waals surface area contributed by atoms with Gasteiger partial charge >= 0.3 is 0 Å². The maximum atomic E-state index is 13.5. The van der Waals surface area contributed by atoms with Crippen molar-refractivity contribution in [2.24, 2.45) is 11.8 Å². The Kier molecular flexibility index (Phi) is 7.82. The third-order valence-electron chi connectivity index (χ3n) is 6.02. The van der Waals surface area contributed by atoms with Gasteiger partial charge in [-0.1, -0.05) is 57.4 Å². The summed E-state index contributed by atoms with van der Waals surface area (Å²) in [5, 5.41) is 4.08. The van der Waals surface area contributed by atoms with Crippen LogP contribution in [0.1, 0.15) is 65.7 Å². The number of amides is 1. The van der Waals surface area contributed by atoms with Crippen LogP contribution in [0.15, 0.2) is 35.5 Å². The Bertz CT molecular complexity index is 550. The molecule has 1 saturated carbocycles. The lowest BCUT2D eigenvalue weighted by Crippen LogP contribution is -2.59. The van der Waals surface area contributed by atoms with Gasteiger partial charge in [0.1, 0.15) is 5.54 Å². The average Bonchev–Trinajstić information content (AvgIpc) is 2.65. The number of hydrogen-bond acceptors (Lipinski definition) is 2. The van der Waals surface area contributed by atoms with E-state index in [0.29, 0.717) is 11.0 Å². The van der Waals surface area contributed by atoms with Crippen molar-refractivity contribution in [3.05, 3.63) is 35.5 Å². The van der Waals surface area contributed by atoms with E-state index in [9.17, 15) is 4.79 Å². The van der Waals surface area contributed by atoms with E-state index in [4.69, 9.17) is 11.6 Å². The zero-order valence-electron chi connectivity index (χ0n) is 16.7. The number of piperidine rings is 1. The van der Waals surface area contributed by atoms with Crippen LogP contribution in [0, 0.1) is 11.8 Å². The van der Waals surface area contributed by atoms with E-state index in [-0.39, 0.29) is 5.91 Å². The van der Waals surface area contributed by atoms with E-state index >= 15 is 0 Å². The van der Waals surface area contributed by atoms with E-state index in [1.54, 1.807) is 6.08 Å². The zero-order chi connectivity index (χ0) is 19.2. The second-order valence-electron chi connectivity index (χ2n) is 8.17. The summed E-state index contributed by atoms with van der Waals surface area (Å²) < 4.78 is 0. The lowest BCUT2D eigenvalue weighted by molar-refractivity contribution is -0.141. The summed E-state index contributed by atoms with van der Waals surface area (Å²) in [6.07, 6.45) is 13.2. The number of allylic oxidation sites excluding steroid dienone is 4. The van der Waals surface area contributed by atoms with E-state index in [1.807, 2.05) is 19.1 Å². The molecule has 146 valence electrons. The summed E-state index contributed by atoms with van der Waals surface area (Å²) in [7, 11) is 0. The average molecular weight is 379 g/mol. The van der Waals surface area contributed by atoms with Gasteiger partial charge < -0.3 is 10.2 Å². The van der Waals surface area contributed by atoms with Crippen molar-refractivity contribution >= 4 is 17.5 Å². The predicted molar refractivity (Wildman–Crippen MR) is 111 cm³/mol. The third kappa shape index (κ3) is 5.39. The Labute approximate surface area is 164 Å². The van der Waals surface area contributed by atoms with Gasteiger partial charge in [-0.05, 0) is 56.6 Å². The molecule has 26 heavy (non-hydrogen) atoms. The summed E-state index contributed by atoms with van der Waals surface area (Å²) in [4.78, 5) is 15.6. The van der Waals surface area contributed by atoms with Gasteiger partial charge in [-0.3, -0.25) is 4.79 Å². The zero-order valence-corrected chi connectivity index (χ0v) is 17.4. The van der Waals surface area contributed by atoms with Crippen molar-refractivity contribution in [2.45, 2.75) is 71.3 Å². The van der Waals surface area contributed by atoms with Crippen molar-refractivity contribution in [1.29, 1.82) is 0 Å². The molecule has 2 fully saturated rings. The molecule has 0 aromatic heterocycles. The number of rotatable bonds is 6. The molecule has 0 spiro atoms. The maximum Gasteiger partial charge on any atom is 0.248 e. The van der Waals surface area contributed by atoms with Crippen molar-refractivity contribution in [3.63, 3.8) is 0 Å². The number of likely N-dealkylation sites (tertiary alicyclic amines) is 1. The molecule has 0 bridgehead atoms. The van der Waals surface area contributed by atoms with Crippen LogP contribution in [0.5, 0.6) is 0 Å². The first-order valence-corrected chi connectivity index (χ1v) is 10.5. The molecule has 0 atom stereocenters. The van der Waals surface area contributed by atoms with E-state index in [1.165, 1.54) is 6.42 Å². The Balaban J connectivity index is 2.13. The summed E-state index contributed by atoms with van der Waals surface area (Å²) in [6.45, 7) is 12.1. The van der Waals surface area contributed by atoms with Gasteiger partial charge in [-0.25, -0.2) is 0 Å². The Morgan fingerprint density at radius 2 is 1.81 bits per heavy atom. The molecule has 1 saturated heterocycles. The number of nitrogens with one attached hydrogen (secondary N) is 1. The normalized spacial score (nSPS) is 22.0. The van der Waals surface area contributed by atoms with Crippen LogP contribution in [0.25, 0.3) is 0 Å². The first-order chi connectivity index (χ1) is 12.4. The molecule has 1 amide bonds. The topological polar surface area (TPSA) is 32.3 Å². The molecule has 0 unspecified atom stereocenters. The highest BCUT2D eigenvalue weighted by molar-refractivity contribution is 6.30. The molecule has 0 radical (unpaired) electrons. The van der Waals surface area contributed by atoms with Crippen molar-refractivity contribution in [1.82, 2.24) is 10.2 Å². The van der Waals surface area contributed by atoms with Crippen molar-refractivity contribution in [3.8, 4) is 0 Å². The minimum atomic E-state index is -0.469. The number of halogens is 1. The van der Waals surface area contributed by atoms with Crippen molar-refractivity contribution in [2.75, 3.05) is 13.1 Å². The van der Waals surface area contributed by atoms with Crippen LogP contribution in [0.3, 0.4) is 0 Å². The van der Waals surface area contributed by atoms with E-state index < -0.39 is 5.54 Å². The molecule has 3 nitrogen and oxygen atoms in total. The second kappa shape index (κ2) is 9.64. The lowest BCUT2D eigenvalue weighted by Gasteiger charge is -2.43. The van der Waals surface area contributed by atoms with Gasteiger partial charge in [0.2, 0.25) is 5.91 Å². The van der Waals surface area contributed by atoms with Gasteiger partial charge in [0.15, 0.2) is 0 Å². The monoisotopic (exact) mass is 378 g/mol. The highest BCUT2D eigenvalue weighted by atomic mass is 35.5. The van der Waals surface area contributed by atoms with Crippen LogP contribution in [0.4, 0.5) is 0 Å². The van der Waals surface area contributed by atoms with Gasteiger partial charge in [0, 0.05) is 23.8 Å². The molecule has 0 aromatic carbocycles. The summed E-state index contributed by atoms with van der Waals surface area (Å²) in [5.74, 6) is 1.74. The highest BCUT2D eigenvalue weighted by Crippen LogP contribution is 2.33. The smallest absolute Gasteiger partial charge is 0.248 e. The van der Waals surface area contributed by atoms with Gasteiger partial charge in [-0.15, -0.1) is 0 Å². The number of hydrogen-bond donors (Lipinski definition) is 1. The number of carbonyl (C=O) groups excluding carboxylic acids is 1. The summed E-state index contributed by atoms with van der Waals surface area (Å²) in [6, 6.07) is 0. The molecule has 1 N–H and O–H groups in total. The first kappa shape index (κ1) is 21.1. The Morgan fingerprint density at radius 1 is 1.19 bits per heavy atom. The molecular weight excluding hydrogens is 344 g/mol. The predicted octanol–water partition coefficient (Wildman–Crippen LogP) is 5.39. The standard InChI is InChI=1S/C22H35ClN2O/c1-5-20(10-9-18(4)23)24-22(13-7-6-8-14-22)21(26)25-15-11-19(12-16-25)17(2)3/h5,9-10,17,19,24H,4,6-8,11-16H2,1-3H3/b10-9-,20-5?. The molecular formula is C22H35ClN2O. The molecule has 1 heterocycles. The summed E-state index contributed by atoms with van der Waals surface area (Å²) >= 11 is 5.87. The molecule has 2 aliphatic rings. The van der Waals surface area contributed by atoms with Crippen LogP contribution in [0.2, 0.25) is 0 Å². The Morgan fingerprint density at radius 3 is 2.31 bits per heavy atom. The third-order valence-corrected chi connectivity index (χ3v) is 6.15. The van der Waals surface area contributed by atoms with Gasteiger partial charge in [0.25, 0.3) is 0 Å². The van der Waals surface area contributed by atoms with E-state index in [2.05, 4.69) is 30.6 Å². The minimum absolute atomic E-state index is 0.289. The van der Waals surface area contributed by atoms with Crippen LogP contribution in [-0.4, -0.2) is 29.4 Å². The van der Waals surface area contributed by atoms with Crippen molar-refractivity contribution < 1.29 is 4.79 Å². The first-order valence-electron chi connectivity index (χ1n) is 10.1. The summed E-state index contributed by atoms with van der Waals surface area (Å²) in [5.41, 5.74) is 0.474. The van der Waals surface area contributed by atoms with Gasteiger partial charge in [0.05, 0.1) is 0 Å². The molecule has 0 aromatic rings. The fourth-order valence-electron chi connectivity index (χ4n) is 4.29. The maximum absolute atomic E-state index is 13.5.